The predicted molar refractivity (Wildman–Crippen MR) is 138 cm³/mol. The topological polar surface area (TPSA) is 115 Å². The van der Waals surface area contributed by atoms with E-state index in [-0.39, 0.29) is 30.7 Å². The second-order valence-corrected chi connectivity index (χ2v) is 10.7. The molecular formula is C26H32N8O3. The summed E-state index contributed by atoms with van der Waals surface area (Å²) < 4.78 is 0. The van der Waals surface area contributed by atoms with Crippen LogP contribution in [0.25, 0.3) is 0 Å². The van der Waals surface area contributed by atoms with Gasteiger partial charge in [-0.15, -0.1) is 0 Å². The lowest BCUT2D eigenvalue weighted by Crippen LogP contribution is -2.56. The minimum atomic E-state index is -1.39. The minimum absolute atomic E-state index is 0.0375. The van der Waals surface area contributed by atoms with Crippen LogP contribution in [0.4, 0.5) is 23.3 Å². The molecular weight excluding hydrogens is 472 g/mol. The van der Waals surface area contributed by atoms with Crippen LogP contribution in [0.3, 0.4) is 0 Å². The molecule has 3 aliphatic heterocycles. The van der Waals surface area contributed by atoms with Gasteiger partial charge in [0.2, 0.25) is 23.7 Å². The van der Waals surface area contributed by atoms with Crippen molar-refractivity contribution in [3.05, 3.63) is 30.1 Å². The Bertz CT molecular complexity index is 1240. The molecule has 1 spiro atoms. The molecule has 3 amide bonds. The van der Waals surface area contributed by atoms with Gasteiger partial charge in [-0.05, 0) is 32.0 Å². The molecule has 2 aromatic heterocycles. The third-order valence-electron chi connectivity index (χ3n) is 8.25. The molecule has 1 aliphatic carbocycles. The van der Waals surface area contributed by atoms with Gasteiger partial charge in [0, 0.05) is 57.4 Å². The Hall–Kier alpha value is -3.60. The third-order valence-corrected chi connectivity index (χ3v) is 8.25. The van der Waals surface area contributed by atoms with Crippen LogP contribution < -0.4 is 15.1 Å². The number of rotatable bonds is 4. The summed E-state index contributed by atoms with van der Waals surface area (Å²) in [6.07, 6.45) is 7.23. The molecule has 2 aromatic rings. The molecule has 0 bridgehead atoms. The first-order valence-electron chi connectivity index (χ1n) is 13.0. The van der Waals surface area contributed by atoms with Crippen molar-refractivity contribution in [2.45, 2.75) is 44.6 Å². The fourth-order valence-electron chi connectivity index (χ4n) is 6.02. The zero-order chi connectivity index (χ0) is 25.7. The number of hydrogen-bond donors (Lipinski definition) is 1. The first-order valence-corrected chi connectivity index (χ1v) is 13.0. The fourth-order valence-corrected chi connectivity index (χ4v) is 6.02. The number of fused-ring (bicyclic) bond motifs is 1. The SMILES string of the molecule is CN1CCN(c2ccc(Nc3ncc4c(n3)N(C3CCCC3)C(=O)C3(CC(=O)N(C)C3=O)C4)cn2)CC1. The first kappa shape index (κ1) is 23.8. The van der Waals surface area contributed by atoms with E-state index >= 15 is 0 Å². The molecule has 5 heterocycles. The minimum Gasteiger partial charge on any atom is -0.354 e. The number of carbonyl (C=O) groups excluding carboxylic acids is 3. The van der Waals surface area contributed by atoms with Crippen LogP contribution in [0.1, 0.15) is 37.7 Å². The number of imide groups is 1. The Labute approximate surface area is 215 Å². The smallest absolute Gasteiger partial charge is 0.245 e. The van der Waals surface area contributed by atoms with Gasteiger partial charge in [0.25, 0.3) is 0 Å². The molecule has 1 unspecified atom stereocenters. The summed E-state index contributed by atoms with van der Waals surface area (Å²) in [5.74, 6) is 0.790. The van der Waals surface area contributed by atoms with E-state index in [1.165, 1.54) is 7.05 Å². The number of nitrogens with zero attached hydrogens (tertiary/aromatic N) is 7. The van der Waals surface area contributed by atoms with E-state index in [2.05, 4.69) is 32.1 Å². The van der Waals surface area contributed by atoms with Gasteiger partial charge in [0.05, 0.1) is 18.3 Å². The van der Waals surface area contributed by atoms with E-state index in [9.17, 15) is 14.4 Å². The maximum absolute atomic E-state index is 13.9. The zero-order valence-corrected chi connectivity index (χ0v) is 21.3. The lowest BCUT2D eigenvalue weighted by Gasteiger charge is -2.40. The van der Waals surface area contributed by atoms with Crippen molar-refractivity contribution in [1.82, 2.24) is 24.8 Å². The number of amides is 3. The molecule has 2 saturated heterocycles. The normalized spacial score (nSPS) is 24.9. The van der Waals surface area contributed by atoms with Crippen molar-refractivity contribution < 1.29 is 14.4 Å². The number of anilines is 4. The number of aromatic nitrogens is 3. The van der Waals surface area contributed by atoms with Crippen LogP contribution in [0.15, 0.2) is 24.5 Å². The molecule has 37 heavy (non-hydrogen) atoms. The van der Waals surface area contributed by atoms with Crippen LogP contribution in [-0.2, 0) is 20.8 Å². The average Bonchev–Trinajstić information content (AvgIpc) is 3.50. The summed E-state index contributed by atoms with van der Waals surface area (Å²) >= 11 is 0. The maximum atomic E-state index is 13.9. The van der Waals surface area contributed by atoms with Crippen molar-refractivity contribution in [1.29, 1.82) is 0 Å². The number of likely N-dealkylation sites (N-methyl/N-ethyl adjacent to an activating group) is 1. The number of carbonyl (C=O) groups is 3. The Morgan fingerprint density at radius 2 is 1.68 bits per heavy atom. The van der Waals surface area contributed by atoms with Crippen LogP contribution in [-0.4, -0.2) is 88.8 Å². The van der Waals surface area contributed by atoms with Gasteiger partial charge >= 0.3 is 0 Å². The summed E-state index contributed by atoms with van der Waals surface area (Å²) in [5, 5.41) is 3.22. The molecule has 1 N–H and O–H groups in total. The Kier molecular flexibility index (Phi) is 5.82. The molecule has 4 aliphatic rings. The molecule has 11 heteroatoms. The van der Waals surface area contributed by atoms with Gasteiger partial charge in [-0.3, -0.25) is 24.2 Å². The first-order chi connectivity index (χ1) is 17.9. The number of likely N-dealkylation sites (tertiary alicyclic amines) is 1. The number of nitrogens with one attached hydrogen (secondary N) is 1. The number of hydrogen-bond acceptors (Lipinski definition) is 9. The largest absolute Gasteiger partial charge is 0.354 e. The van der Waals surface area contributed by atoms with Crippen molar-refractivity contribution >= 4 is 41.0 Å². The highest BCUT2D eigenvalue weighted by molar-refractivity contribution is 6.21. The lowest BCUT2D eigenvalue weighted by atomic mass is 9.76. The van der Waals surface area contributed by atoms with Crippen molar-refractivity contribution in [2.75, 3.05) is 55.4 Å². The average molecular weight is 505 g/mol. The molecule has 6 rings (SSSR count). The monoisotopic (exact) mass is 504 g/mol. The quantitative estimate of drug-likeness (QED) is 0.489. The Morgan fingerprint density at radius 3 is 2.32 bits per heavy atom. The van der Waals surface area contributed by atoms with Crippen LogP contribution >= 0.6 is 0 Å². The van der Waals surface area contributed by atoms with Crippen molar-refractivity contribution in [3.63, 3.8) is 0 Å². The van der Waals surface area contributed by atoms with Gasteiger partial charge in [-0.25, -0.2) is 9.97 Å². The van der Waals surface area contributed by atoms with Crippen LogP contribution in [0, 0.1) is 5.41 Å². The molecule has 194 valence electrons. The van der Waals surface area contributed by atoms with Crippen molar-refractivity contribution in [3.8, 4) is 0 Å². The van der Waals surface area contributed by atoms with Crippen LogP contribution in [0.5, 0.6) is 0 Å². The van der Waals surface area contributed by atoms with Crippen molar-refractivity contribution in [2.24, 2.45) is 5.41 Å². The highest BCUT2D eigenvalue weighted by atomic mass is 16.2. The van der Waals surface area contributed by atoms with Crippen LogP contribution in [0.2, 0.25) is 0 Å². The predicted octanol–water partition coefficient (Wildman–Crippen LogP) is 1.57. The summed E-state index contributed by atoms with van der Waals surface area (Å²) in [5.41, 5.74) is 0.0852. The summed E-state index contributed by atoms with van der Waals surface area (Å²) in [6.45, 7) is 3.91. The molecule has 3 fully saturated rings. The van der Waals surface area contributed by atoms with Gasteiger partial charge in [-0.2, -0.15) is 4.98 Å². The standard InChI is InChI=1S/C26H32N8O3/c1-31-9-11-33(12-10-31)20-8-7-18(16-27-20)29-25-28-15-17-13-26(14-21(35)32(2)23(26)36)24(37)34(22(17)30-25)19-5-3-4-6-19/h7-8,15-16,19H,3-6,9-14H2,1-2H3,(H,28,29,30). The van der Waals surface area contributed by atoms with E-state index < -0.39 is 11.3 Å². The molecule has 11 nitrogen and oxygen atoms in total. The summed E-state index contributed by atoms with van der Waals surface area (Å²) in [6, 6.07) is 3.91. The second kappa shape index (κ2) is 9.05. The highest BCUT2D eigenvalue weighted by Crippen LogP contribution is 2.46. The van der Waals surface area contributed by atoms with E-state index in [1.54, 1.807) is 17.3 Å². The van der Waals surface area contributed by atoms with E-state index in [0.29, 0.717) is 11.8 Å². The van der Waals surface area contributed by atoms with Gasteiger partial charge in [-0.1, -0.05) is 12.8 Å². The Morgan fingerprint density at radius 1 is 0.919 bits per heavy atom. The highest BCUT2D eigenvalue weighted by Gasteiger charge is 2.60. The molecule has 0 radical (unpaired) electrons. The van der Waals surface area contributed by atoms with E-state index in [4.69, 9.17) is 4.98 Å². The number of piperazine rings is 1. The van der Waals surface area contributed by atoms with E-state index in [0.717, 1.165) is 73.8 Å². The molecule has 1 saturated carbocycles. The maximum Gasteiger partial charge on any atom is 0.245 e. The van der Waals surface area contributed by atoms with Gasteiger partial charge in [0.1, 0.15) is 17.1 Å². The zero-order valence-electron chi connectivity index (χ0n) is 21.3. The lowest BCUT2D eigenvalue weighted by molar-refractivity contribution is -0.144. The van der Waals surface area contributed by atoms with Gasteiger partial charge in [0.15, 0.2) is 0 Å². The third kappa shape index (κ3) is 4.01. The second-order valence-electron chi connectivity index (χ2n) is 10.7. The molecule has 0 aromatic carbocycles. The summed E-state index contributed by atoms with van der Waals surface area (Å²) in [4.78, 5) is 60.7. The summed E-state index contributed by atoms with van der Waals surface area (Å²) in [7, 11) is 3.58. The van der Waals surface area contributed by atoms with Gasteiger partial charge < -0.3 is 15.1 Å². The van der Waals surface area contributed by atoms with E-state index in [1.807, 2.05) is 12.1 Å². The molecule has 1 atom stereocenters. The number of pyridine rings is 1. The fraction of sp³-hybridized carbons (Fsp3) is 0.538. The Balaban J connectivity index is 1.28.